The van der Waals surface area contributed by atoms with Gasteiger partial charge in [-0.3, -0.25) is 0 Å². The zero-order valence-corrected chi connectivity index (χ0v) is 9.90. The third-order valence-corrected chi connectivity index (χ3v) is 2.99. The van der Waals surface area contributed by atoms with Crippen LogP contribution in [0.15, 0.2) is 16.8 Å². The molecular formula is C11H19NOS. The molecule has 2 N–H and O–H groups in total. The third-order valence-electron chi connectivity index (χ3n) is 2.31. The molecule has 0 saturated heterocycles. The molecule has 1 aromatic rings. The fourth-order valence-corrected chi connectivity index (χ4v) is 2.10. The Labute approximate surface area is 90.0 Å². The van der Waals surface area contributed by atoms with E-state index in [1.165, 1.54) is 0 Å². The maximum atomic E-state index is 10.2. The Bertz CT molecular complexity index is 254. The molecule has 1 heterocycles. The lowest BCUT2D eigenvalue weighted by molar-refractivity contribution is 0.0480. The topological polar surface area (TPSA) is 32.3 Å². The van der Waals surface area contributed by atoms with Crippen LogP contribution in [0.2, 0.25) is 0 Å². The lowest BCUT2D eigenvalue weighted by Crippen LogP contribution is -2.30. The molecule has 0 fully saturated rings. The molecule has 0 radical (unpaired) electrons. The van der Waals surface area contributed by atoms with Gasteiger partial charge in [-0.25, -0.2) is 0 Å². The maximum Gasteiger partial charge on any atom is 0.0888 e. The molecule has 0 amide bonds. The molecule has 0 aliphatic heterocycles. The van der Waals surface area contributed by atoms with Crippen LogP contribution in [0, 0.1) is 0 Å². The number of hydrogen-bond donors (Lipinski definition) is 2. The molecule has 3 heteroatoms. The van der Waals surface area contributed by atoms with Gasteiger partial charge < -0.3 is 10.4 Å². The summed E-state index contributed by atoms with van der Waals surface area (Å²) < 4.78 is 0. The Morgan fingerprint density at radius 1 is 1.57 bits per heavy atom. The van der Waals surface area contributed by atoms with Crippen molar-refractivity contribution in [3.8, 4) is 0 Å². The number of rotatable bonds is 5. The summed E-state index contributed by atoms with van der Waals surface area (Å²) in [5.74, 6) is 0. The molecule has 0 aliphatic carbocycles. The quantitative estimate of drug-likeness (QED) is 0.787. The molecule has 0 spiro atoms. The average molecular weight is 213 g/mol. The van der Waals surface area contributed by atoms with Gasteiger partial charge in [0.15, 0.2) is 0 Å². The van der Waals surface area contributed by atoms with E-state index < -0.39 is 5.60 Å². The average Bonchev–Trinajstić information content (AvgIpc) is 2.54. The summed E-state index contributed by atoms with van der Waals surface area (Å²) in [5.41, 5.74) is 0.329. The van der Waals surface area contributed by atoms with Crippen molar-refractivity contribution >= 4 is 11.3 Å². The molecule has 14 heavy (non-hydrogen) atoms. The second kappa shape index (κ2) is 4.91. The van der Waals surface area contributed by atoms with Crippen molar-refractivity contribution in [2.45, 2.75) is 38.8 Å². The highest BCUT2D eigenvalue weighted by Gasteiger charge is 2.22. The molecule has 0 bridgehead atoms. The zero-order valence-electron chi connectivity index (χ0n) is 9.08. The molecule has 1 rings (SSSR count). The Kier molecular flexibility index (Phi) is 4.11. The fraction of sp³-hybridized carbons (Fsp3) is 0.636. The van der Waals surface area contributed by atoms with Crippen LogP contribution in [-0.2, 0) is 5.60 Å². The minimum atomic E-state index is -0.693. The molecule has 0 saturated carbocycles. The summed E-state index contributed by atoms with van der Waals surface area (Å²) in [6.45, 7) is 6.94. The Morgan fingerprint density at radius 2 is 2.29 bits per heavy atom. The van der Waals surface area contributed by atoms with Gasteiger partial charge in [0.05, 0.1) is 5.60 Å². The monoisotopic (exact) mass is 213 g/mol. The van der Waals surface area contributed by atoms with Crippen LogP contribution in [0.4, 0.5) is 0 Å². The lowest BCUT2D eigenvalue weighted by atomic mass is 9.95. The van der Waals surface area contributed by atoms with Crippen molar-refractivity contribution in [2.75, 3.05) is 6.54 Å². The second-order valence-corrected chi connectivity index (χ2v) is 4.92. The molecule has 0 aromatic carbocycles. The first kappa shape index (κ1) is 11.7. The van der Waals surface area contributed by atoms with Crippen LogP contribution in [0.3, 0.4) is 0 Å². The van der Waals surface area contributed by atoms with Crippen LogP contribution < -0.4 is 5.32 Å². The van der Waals surface area contributed by atoms with Crippen molar-refractivity contribution in [2.24, 2.45) is 0 Å². The Morgan fingerprint density at radius 3 is 2.79 bits per heavy atom. The largest absolute Gasteiger partial charge is 0.385 e. The smallest absolute Gasteiger partial charge is 0.0888 e. The minimum absolute atomic E-state index is 0.480. The molecule has 0 aliphatic rings. The van der Waals surface area contributed by atoms with Crippen LogP contribution in [-0.4, -0.2) is 17.7 Å². The molecule has 1 aromatic heterocycles. The first-order chi connectivity index (χ1) is 6.52. The van der Waals surface area contributed by atoms with Crippen LogP contribution in [0.1, 0.15) is 32.8 Å². The van der Waals surface area contributed by atoms with Gasteiger partial charge in [0, 0.05) is 6.04 Å². The summed E-state index contributed by atoms with van der Waals surface area (Å²) in [7, 11) is 0. The molecule has 1 atom stereocenters. The van der Waals surface area contributed by atoms with Gasteiger partial charge in [-0.05, 0) is 42.3 Å². The predicted octanol–water partition coefficient (Wildman–Crippen LogP) is 2.34. The summed E-state index contributed by atoms with van der Waals surface area (Å²) in [6.07, 6.45) is 0.752. The summed E-state index contributed by atoms with van der Waals surface area (Å²) >= 11 is 1.63. The summed E-state index contributed by atoms with van der Waals surface area (Å²) in [6, 6.07) is 2.47. The normalized spacial score (nSPS) is 15.8. The summed E-state index contributed by atoms with van der Waals surface area (Å²) in [4.78, 5) is 0. The van der Waals surface area contributed by atoms with Gasteiger partial charge in [-0.2, -0.15) is 11.3 Å². The van der Waals surface area contributed by atoms with Crippen LogP contribution >= 0.6 is 11.3 Å². The van der Waals surface area contributed by atoms with Gasteiger partial charge in [0.2, 0.25) is 0 Å². The molecular weight excluding hydrogens is 194 g/mol. The number of aliphatic hydroxyl groups is 1. The van der Waals surface area contributed by atoms with E-state index in [1.807, 2.05) is 23.8 Å². The van der Waals surface area contributed by atoms with Crippen LogP contribution in [0.25, 0.3) is 0 Å². The highest BCUT2D eigenvalue weighted by molar-refractivity contribution is 7.08. The fourth-order valence-electron chi connectivity index (χ4n) is 1.32. The van der Waals surface area contributed by atoms with Gasteiger partial charge in [-0.15, -0.1) is 0 Å². The first-order valence-electron chi connectivity index (χ1n) is 5.01. The van der Waals surface area contributed by atoms with Crippen molar-refractivity contribution < 1.29 is 5.11 Å². The number of thiophene rings is 1. The van der Waals surface area contributed by atoms with Crippen molar-refractivity contribution in [1.29, 1.82) is 0 Å². The lowest BCUT2D eigenvalue weighted by Gasteiger charge is -2.23. The Balaban J connectivity index is 2.42. The van der Waals surface area contributed by atoms with E-state index in [0.29, 0.717) is 6.04 Å². The van der Waals surface area contributed by atoms with E-state index in [4.69, 9.17) is 0 Å². The third kappa shape index (κ3) is 3.40. The maximum absolute atomic E-state index is 10.2. The zero-order chi connectivity index (χ0) is 10.6. The Hall–Kier alpha value is -0.380. The summed E-state index contributed by atoms with van der Waals surface area (Å²) in [5, 5.41) is 17.5. The van der Waals surface area contributed by atoms with Gasteiger partial charge in [-0.1, -0.05) is 13.8 Å². The van der Waals surface area contributed by atoms with Crippen molar-refractivity contribution in [3.63, 3.8) is 0 Å². The highest BCUT2D eigenvalue weighted by atomic mass is 32.1. The number of hydrogen-bond acceptors (Lipinski definition) is 3. The highest BCUT2D eigenvalue weighted by Crippen LogP contribution is 2.25. The standard InChI is InChI=1S/C11H19NOS/c1-9(2)12-6-5-11(3,13)10-4-7-14-8-10/h4,7-9,12-13H,5-6H2,1-3H3. The first-order valence-corrected chi connectivity index (χ1v) is 5.95. The van der Waals surface area contributed by atoms with Gasteiger partial charge in [0.1, 0.15) is 0 Å². The molecule has 2 nitrogen and oxygen atoms in total. The van der Waals surface area contributed by atoms with E-state index >= 15 is 0 Å². The predicted molar refractivity (Wildman–Crippen MR) is 61.6 cm³/mol. The van der Waals surface area contributed by atoms with Gasteiger partial charge >= 0.3 is 0 Å². The molecule has 80 valence electrons. The SMILES string of the molecule is CC(C)NCCC(C)(O)c1ccsc1. The molecule has 1 unspecified atom stereocenters. The van der Waals surface area contributed by atoms with E-state index in [2.05, 4.69) is 19.2 Å². The van der Waals surface area contributed by atoms with E-state index in [1.54, 1.807) is 11.3 Å². The van der Waals surface area contributed by atoms with Crippen LogP contribution in [0.5, 0.6) is 0 Å². The van der Waals surface area contributed by atoms with E-state index in [9.17, 15) is 5.11 Å². The van der Waals surface area contributed by atoms with Gasteiger partial charge in [0.25, 0.3) is 0 Å². The number of nitrogens with one attached hydrogen (secondary N) is 1. The van der Waals surface area contributed by atoms with Crippen molar-refractivity contribution in [1.82, 2.24) is 5.32 Å². The second-order valence-electron chi connectivity index (χ2n) is 4.14. The van der Waals surface area contributed by atoms with E-state index in [0.717, 1.165) is 18.5 Å². The minimum Gasteiger partial charge on any atom is -0.385 e. The van der Waals surface area contributed by atoms with Crippen molar-refractivity contribution in [3.05, 3.63) is 22.4 Å². The van der Waals surface area contributed by atoms with E-state index in [-0.39, 0.29) is 0 Å².